The molecule has 0 bridgehead atoms. The van der Waals surface area contributed by atoms with E-state index >= 15 is 0 Å². The molecule has 0 amide bonds. The molecule has 300 valence electrons. The standard InChI is InChI=1S/C61H40N2O/c1-5-18-43(19-6-1)61(44-20-7-2-8-21-44)53-28-15-13-27-50(53)60-54(61)29-17-31-57(60)62(45-22-9-3-10-23-45)47-34-37-58-52(40-47)49-35-32-42(39-59(49)64-58)41-33-36-56-51(38-41)48-26-14-16-30-55(48)63(56)46-24-11-4-12-25-46/h1-40H. The second kappa shape index (κ2) is 14.3. The average molecular weight is 817 g/mol. The number of furan rings is 1. The second-order valence-electron chi connectivity index (χ2n) is 16.8. The first-order valence-corrected chi connectivity index (χ1v) is 22.0. The molecule has 64 heavy (non-hydrogen) atoms. The van der Waals surface area contributed by atoms with Crippen molar-refractivity contribution in [2.24, 2.45) is 0 Å². The van der Waals surface area contributed by atoms with E-state index in [0.717, 1.165) is 55.8 Å². The van der Waals surface area contributed by atoms with Crippen LogP contribution in [0.4, 0.5) is 17.1 Å². The Kier molecular flexibility index (Phi) is 8.13. The van der Waals surface area contributed by atoms with Gasteiger partial charge in [0.25, 0.3) is 0 Å². The number of nitrogens with zero attached hydrogens (tertiary/aromatic N) is 2. The molecule has 0 saturated carbocycles. The van der Waals surface area contributed by atoms with Crippen molar-refractivity contribution in [2.45, 2.75) is 5.41 Å². The molecule has 0 spiro atoms. The molecule has 0 N–H and O–H groups in total. The van der Waals surface area contributed by atoms with Gasteiger partial charge < -0.3 is 13.9 Å². The maximum Gasteiger partial charge on any atom is 0.136 e. The smallest absolute Gasteiger partial charge is 0.136 e. The van der Waals surface area contributed by atoms with Gasteiger partial charge in [-0.1, -0.05) is 164 Å². The number of rotatable bonds is 7. The Hall–Kier alpha value is -8.40. The minimum absolute atomic E-state index is 0.501. The molecule has 0 fully saturated rings. The molecule has 1 aliphatic carbocycles. The van der Waals surface area contributed by atoms with Gasteiger partial charge in [0, 0.05) is 44.2 Å². The molecule has 0 unspecified atom stereocenters. The molecular formula is C61H40N2O. The van der Waals surface area contributed by atoms with Crippen molar-refractivity contribution in [3.63, 3.8) is 0 Å². The molecule has 0 saturated heterocycles. The second-order valence-corrected chi connectivity index (χ2v) is 16.8. The lowest BCUT2D eigenvalue weighted by Crippen LogP contribution is -2.28. The molecule has 1 aliphatic rings. The molecular weight excluding hydrogens is 777 g/mol. The van der Waals surface area contributed by atoms with E-state index in [1.807, 2.05) is 0 Å². The average Bonchev–Trinajstić information content (AvgIpc) is 4.01. The number of fused-ring (bicyclic) bond motifs is 9. The van der Waals surface area contributed by atoms with Crippen molar-refractivity contribution in [1.29, 1.82) is 0 Å². The highest BCUT2D eigenvalue weighted by atomic mass is 16.3. The summed E-state index contributed by atoms with van der Waals surface area (Å²) >= 11 is 0. The van der Waals surface area contributed by atoms with Gasteiger partial charge in [-0.05, 0) is 118 Å². The molecule has 13 rings (SSSR count). The van der Waals surface area contributed by atoms with E-state index in [1.165, 1.54) is 55.2 Å². The van der Waals surface area contributed by atoms with Crippen LogP contribution in [0.1, 0.15) is 22.3 Å². The zero-order valence-corrected chi connectivity index (χ0v) is 34.9. The molecule has 0 aliphatic heterocycles. The van der Waals surface area contributed by atoms with Crippen molar-refractivity contribution < 1.29 is 4.42 Å². The van der Waals surface area contributed by atoms with Crippen LogP contribution in [0.15, 0.2) is 247 Å². The predicted octanol–water partition coefficient (Wildman–Crippen LogP) is 16.2. The van der Waals surface area contributed by atoms with E-state index in [2.05, 4.69) is 252 Å². The summed E-state index contributed by atoms with van der Waals surface area (Å²) in [5.74, 6) is 0. The minimum atomic E-state index is -0.501. The summed E-state index contributed by atoms with van der Waals surface area (Å²) in [6.45, 7) is 0. The van der Waals surface area contributed by atoms with E-state index in [-0.39, 0.29) is 0 Å². The summed E-state index contributed by atoms with van der Waals surface area (Å²) in [6, 6.07) is 88.1. The summed E-state index contributed by atoms with van der Waals surface area (Å²) in [4.78, 5) is 2.43. The van der Waals surface area contributed by atoms with Crippen LogP contribution in [0.25, 0.3) is 71.7 Å². The third-order valence-electron chi connectivity index (χ3n) is 13.4. The molecule has 10 aromatic carbocycles. The molecule has 12 aromatic rings. The van der Waals surface area contributed by atoms with Crippen molar-refractivity contribution in [2.75, 3.05) is 4.90 Å². The van der Waals surface area contributed by atoms with Gasteiger partial charge in [0.1, 0.15) is 11.2 Å². The molecule has 2 heterocycles. The van der Waals surface area contributed by atoms with E-state index in [9.17, 15) is 0 Å². The third-order valence-corrected chi connectivity index (χ3v) is 13.4. The number of anilines is 3. The topological polar surface area (TPSA) is 21.3 Å². The zero-order valence-electron chi connectivity index (χ0n) is 34.9. The fourth-order valence-corrected chi connectivity index (χ4v) is 10.8. The molecule has 0 radical (unpaired) electrons. The van der Waals surface area contributed by atoms with Gasteiger partial charge in [0.2, 0.25) is 0 Å². The Morgan fingerprint density at radius 2 is 1.00 bits per heavy atom. The van der Waals surface area contributed by atoms with E-state index < -0.39 is 5.41 Å². The molecule has 2 aromatic heterocycles. The predicted molar refractivity (Wildman–Crippen MR) is 265 cm³/mol. The van der Waals surface area contributed by atoms with Crippen LogP contribution in [0.2, 0.25) is 0 Å². The Morgan fingerprint density at radius 3 is 1.78 bits per heavy atom. The highest BCUT2D eigenvalue weighted by Gasteiger charge is 2.47. The Labute approximate surface area is 371 Å². The molecule has 3 heteroatoms. The quantitative estimate of drug-likeness (QED) is 0.160. The van der Waals surface area contributed by atoms with Crippen LogP contribution in [-0.4, -0.2) is 4.57 Å². The first kappa shape index (κ1) is 36.3. The number of hydrogen-bond donors (Lipinski definition) is 0. The maximum atomic E-state index is 6.70. The van der Waals surface area contributed by atoms with Gasteiger partial charge in [-0.25, -0.2) is 0 Å². The SMILES string of the molecule is c1ccc(N(c2ccc3oc4cc(-c5ccc6c(c5)c5ccccc5n6-c5ccccc5)ccc4c3c2)c2cccc3c2-c2ccccc2C3(c2ccccc2)c2ccccc2)cc1. The summed E-state index contributed by atoms with van der Waals surface area (Å²) in [6.07, 6.45) is 0. The van der Waals surface area contributed by atoms with Gasteiger partial charge in [-0.2, -0.15) is 0 Å². The largest absolute Gasteiger partial charge is 0.456 e. The Balaban J connectivity index is 0.969. The minimum Gasteiger partial charge on any atom is -0.456 e. The van der Waals surface area contributed by atoms with Crippen LogP contribution in [0.5, 0.6) is 0 Å². The lowest BCUT2D eigenvalue weighted by molar-refractivity contribution is 0.669. The zero-order chi connectivity index (χ0) is 42.2. The van der Waals surface area contributed by atoms with Crippen molar-refractivity contribution in [1.82, 2.24) is 4.57 Å². The van der Waals surface area contributed by atoms with Crippen molar-refractivity contribution >= 4 is 60.8 Å². The van der Waals surface area contributed by atoms with Crippen LogP contribution >= 0.6 is 0 Å². The number of para-hydroxylation sites is 3. The van der Waals surface area contributed by atoms with Crippen LogP contribution in [-0.2, 0) is 5.41 Å². The van der Waals surface area contributed by atoms with Gasteiger partial charge in [-0.3, -0.25) is 0 Å². The highest BCUT2D eigenvalue weighted by Crippen LogP contribution is 2.59. The Bertz CT molecular complexity index is 3680. The number of benzene rings is 10. The lowest BCUT2D eigenvalue weighted by Gasteiger charge is -2.34. The van der Waals surface area contributed by atoms with E-state index in [4.69, 9.17) is 4.42 Å². The van der Waals surface area contributed by atoms with E-state index in [1.54, 1.807) is 0 Å². The summed E-state index contributed by atoms with van der Waals surface area (Å²) in [7, 11) is 0. The van der Waals surface area contributed by atoms with E-state index in [0.29, 0.717) is 0 Å². The van der Waals surface area contributed by atoms with Gasteiger partial charge in [0.05, 0.1) is 22.1 Å². The van der Waals surface area contributed by atoms with Gasteiger partial charge in [-0.15, -0.1) is 0 Å². The van der Waals surface area contributed by atoms with Crippen molar-refractivity contribution in [3.05, 3.63) is 265 Å². The summed E-state index contributed by atoms with van der Waals surface area (Å²) in [5, 5.41) is 4.64. The molecule has 0 atom stereocenters. The normalized spacial score (nSPS) is 12.8. The van der Waals surface area contributed by atoms with Gasteiger partial charge in [0.15, 0.2) is 0 Å². The Morgan fingerprint density at radius 1 is 0.375 bits per heavy atom. The van der Waals surface area contributed by atoms with Crippen LogP contribution in [0, 0.1) is 0 Å². The fourth-order valence-electron chi connectivity index (χ4n) is 10.8. The molecule has 3 nitrogen and oxygen atoms in total. The fraction of sp³-hybridized carbons (Fsp3) is 0.0164. The van der Waals surface area contributed by atoms with Gasteiger partial charge >= 0.3 is 0 Å². The lowest BCUT2D eigenvalue weighted by atomic mass is 9.68. The maximum absolute atomic E-state index is 6.70. The third kappa shape index (κ3) is 5.34. The van der Waals surface area contributed by atoms with Crippen LogP contribution in [0.3, 0.4) is 0 Å². The number of aromatic nitrogens is 1. The number of hydrogen-bond acceptors (Lipinski definition) is 2. The van der Waals surface area contributed by atoms with Crippen LogP contribution < -0.4 is 4.90 Å². The highest BCUT2D eigenvalue weighted by molar-refractivity contribution is 6.12. The summed E-state index contributed by atoms with van der Waals surface area (Å²) in [5.41, 5.74) is 17.9. The van der Waals surface area contributed by atoms with Crippen molar-refractivity contribution in [3.8, 4) is 27.9 Å². The summed E-state index contributed by atoms with van der Waals surface area (Å²) < 4.78 is 9.06. The monoisotopic (exact) mass is 816 g/mol. The first-order chi connectivity index (χ1) is 31.8. The first-order valence-electron chi connectivity index (χ1n) is 22.0.